The van der Waals surface area contributed by atoms with Gasteiger partial charge >= 0.3 is 5.69 Å². The molecular weight excluding hydrogens is 215 g/mol. The van der Waals surface area contributed by atoms with Crippen molar-refractivity contribution in [3.8, 4) is 0 Å². The van der Waals surface area contributed by atoms with E-state index in [9.17, 15) is 14.0 Å². The SMILES string of the molecule is CCC1OC(n2ccc(=O)[nH]c2=O)CC1F. The molecule has 1 aliphatic rings. The summed E-state index contributed by atoms with van der Waals surface area (Å²) in [7, 11) is 0. The van der Waals surface area contributed by atoms with Crippen LogP contribution >= 0.6 is 0 Å². The van der Waals surface area contributed by atoms with Gasteiger partial charge in [0.2, 0.25) is 0 Å². The Balaban J connectivity index is 2.27. The minimum atomic E-state index is -1.06. The summed E-state index contributed by atoms with van der Waals surface area (Å²) < 4.78 is 20.0. The lowest BCUT2D eigenvalue weighted by Gasteiger charge is -2.13. The molecule has 1 aliphatic heterocycles. The van der Waals surface area contributed by atoms with Crippen LogP contribution in [0, 0.1) is 0 Å². The summed E-state index contributed by atoms with van der Waals surface area (Å²) in [4.78, 5) is 24.4. The Morgan fingerprint density at radius 3 is 2.94 bits per heavy atom. The number of hydrogen-bond donors (Lipinski definition) is 1. The quantitative estimate of drug-likeness (QED) is 0.805. The van der Waals surface area contributed by atoms with Crippen LogP contribution in [0.3, 0.4) is 0 Å². The van der Waals surface area contributed by atoms with Crippen LogP contribution < -0.4 is 11.2 Å². The molecule has 1 saturated heterocycles. The van der Waals surface area contributed by atoms with Crippen LogP contribution in [-0.4, -0.2) is 21.8 Å². The van der Waals surface area contributed by atoms with E-state index in [0.717, 1.165) is 0 Å². The van der Waals surface area contributed by atoms with Crippen LogP contribution in [0.1, 0.15) is 26.0 Å². The van der Waals surface area contributed by atoms with E-state index >= 15 is 0 Å². The van der Waals surface area contributed by atoms with E-state index in [2.05, 4.69) is 4.98 Å². The smallest absolute Gasteiger partial charge is 0.330 e. The molecule has 0 spiro atoms. The first-order valence-electron chi connectivity index (χ1n) is 5.23. The van der Waals surface area contributed by atoms with Crippen LogP contribution in [0.2, 0.25) is 0 Å². The molecule has 6 heteroatoms. The number of aromatic amines is 1. The monoisotopic (exact) mass is 228 g/mol. The molecule has 2 heterocycles. The number of aromatic nitrogens is 2. The standard InChI is InChI=1S/C10H13FN2O3/c1-2-7-6(11)5-9(16-7)13-4-3-8(14)12-10(13)15/h3-4,6-7,9H,2,5H2,1H3,(H,12,14,15). The molecule has 0 aliphatic carbocycles. The van der Waals surface area contributed by atoms with Gasteiger partial charge in [0.25, 0.3) is 5.56 Å². The molecule has 0 bridgehead atoms. The Kier molecular flexibility index (Phi) is 2.91. The van der Waals surface area contributed by atoms with Gasteiger partial charge < -0.3 is 4.74 Å². The van der Waals surface area contributed by atoms with E-state index in [0.29, 0.717) is 6.42 Å². The van der Waals surface area contributed by atoms with Gasteiger partial charge in [0.1, 0.15) is 12.4 Å². The lowest BCUT2D eigenvalue weighted by molar-refractivity contribution is -0.0116. The largest absolute Gasteiger partial charge is 0.352 e. The van der Waals surface area contributed by atoms with Crippen molar-refractivity contribution in [3.05, 3.63) is 33.1 Å². The highest BCUT2D eigenvalue weighted by Gasteiger charge is 2.35. The zero-order valence-corrected chi connectivity index (χ0v) is 8.85. The zero-order valence-electron chi connectivity index (χ0n) is 8.85. The highest BCUT2D eigenvalue weighted by Crippen LogP contribution is 2.31. The van der Waals surface area contributed by atoms with Crippen LogP contribution in [0.4, 0.5) is 4.39 Å². The van der Waals surface area contributed by atoms with Gasteiger partial charge in [-0.25, -0.2) is 9.18 Å². The average Bonchev–Trinajstić information content (AvgIpc) is 2.59. The van der Waals surface area contributed by atoms with Gasteiger partial charge in [0.15, 0.2) is 0 Å². The van der Waals surface area contributed by atoms with Crippen molar-refractivity contribution in [2.24, 2.45) is 0 Å². The number of nitrogens with one attached hydrogen (secondary N) is 1. The third-order valence-electron chi connectivity index (χ3n) is 2.73. The Bertz CT molecular complexity index is 481. The minimum absolute atomic E-state index is 0.143. The Morgan fingerprint density at radius 2 is 2.38 bits per heavy atom. The second-order valence-corrected chi connectivity index (χ2v) is 3.81. The summed E-state index contributed by atoms with van der Waals surface area (Å²) in [6.45, 7) is 1.83. The number of nitrogens with zero attached hydrogens (tertiary/aromatic N) is 1. The van der Waals surface area contributed by atoms with Crippen molar-refractivity contribution >= 4 is 0 Å². The molecule has 2 rings (SSSR count). The number of H-pyrrole nitrogens is 1. The van der Waals surface area contributed by atoms with E-state index in [1.807, 2.05) is 6.92 Å². The lowest BCUT2D eigenvalue weighted by atomic mass is 10.1. The number of ether oxygens (including phenoxy) is 1. The first-order valence-corrected chi connectivity index (χ1v) is 5.23. The normalized spacial score (nSPS) is 29.5. The fraction of sp³-hybridized carbons (Fsp3) is 0.600. The van der Waals surface area contributed by atoms with Crippen LogP contribution in [-0.2, 0) is 4.74 Å². The zero-order chi connectivity index (χ0) is 11.7. The topological polar surface area (TPSA) is 64.1 Å². The van der Waals surface area contributed by atoms with E-state index in [1.54, 1.807) is 0 Å². The van der Waals surface area contributed by atoms with Crippen molar-refractivity contribution in [3.63, 3.8) is 0 Å². The van der Waals surface area contributed by atoms with E-state index in [-0.39, 0.29) is 6.42 Å². The molecule has 1 aromatic rings. The molecule has 0 radical (unpaired) electrons. The fourth-order valence-electron chi connectivity index (χ4n) is 1.87. The molecule has 0 amide bonds. The van der Waals surface area contributed by atoms with Gasteiger partial charge in [-0.15, -0.1) is 0 Å². The molecule has 1 N–H and O–H groups in total. The molecule has 1 fully saturated rings. The van der Waals surface area contributed by atoms with Crippen molar-refractivity contribution in [1.29, 1.82) is 0 Å². The maximum atomic E-state index is 13.4. The van der Waals surface area contributed by atoms with Crippen molar-refractivity contribution in [1.82, 2.24) is 9.55 Å². The molecule has 0 aromatic carbocycles. The fourth-order valence-corrected chi connectivity index (χ4v) is 1.87. The van der Waals surface area contributed by atoms with E-state index in [4.69, 9.17) is 4.74 Å². The maximum Gasteiger partial charge on any atom is 0.330 e. The van der Waals surface area contributed by atoms with E-state index < -0.39 is 29.8 Å². The van der Waals surface area contributed by atoms with Gasteiger partial charge in [0.05, 0.1) is 6.10 Å². The summed E-state index contributed by atoms with van der Waals surface area (Å²) in [5, 5.41) is 0. The highest BCUT2D eigenvalue weighted by atomic mass is 19.1. The third-order valence-corrected chi connectivity index (χ3v) is 2.73. The predicted molar refractivity (Wildman–Crippen MR) is 55.0 cm³/mol. The summed E-state index contributed by atoms with van der Waals surface area (Å²) in [5.41, 5.74) is -1.04. The lowest BCUT2D eigenvalue weighted by Crippen LogP contribution is -2.31. The summed E-state index contributed by atoms with van der Waals surface area (Å²) in [6, 6.07) is 1.22. The second-order valence-electron chi connectivity index (χ2n) is 3.81. The molecule has 3 atom stereocenters. The number of rotatable bonds is 2. The van der Waals surface area contributed by atoms with Gasteiger partial charge in [-0.05, 0) is 6.42 Å². The molecule has 0 saturated carbocycles. The molecule has 88 valence electrons. The predicted octanol–water partition coefficient (Wildman–Crippen LogP) is 0.572. The number of hydrogen-bond acceptors (Lipinski definition) is 3. The average molecular weight is 228 g/mol. The third kappa shape index (κ3) is 1.92. The highest BCUT2D eigenvalue weighted by molar-refractivity contribution is 4.88. The van der Waals surface area contributed by atoms with Crippen molar-refractivity contribution < 1.29 is 9.13 Å². The molecular formula is C10H13FN2O3. The minimum Gasteiger partial charge on any atom is -0.352 e. The molecule has 16 heavy (non-hydrogen) atoms. The van der Waals surface area contributed by atoms with Gasteiger partial charge in [-0.1, -0.05) is 6.92 Å². The number of halogens is 1. The molecule has 5 nitrogen and oxygen atoms in total. The second kappa shape index (κ2) is 4.21. The van der Waals surface area contributed by atoms with Crippen molar-refractivity contribution in [2.75, 3.05) is 0 Å². The summed E-state index contributed by atoms with van der Waals surface area (Å²) >= 11 is 0. The maximum absolute atomic E-state index is 13.4. The van der Waals surface area contributed by atoms with Gasteiger partial charge in [-0.2, -0.15) is 0 Å². The Morgan fingerprint density at radius 1 is 1.62 bits per heavy atom. The van der Waals surface area contributed by atoms with Crippen LogP contribution in [0.15, 0.2) is 21.9 Å². The van der Waals surface area contributed by atoms with Crippen LogP contribution in [0.25, 0.3) is 0 Å². The first kappa shape index (κ1) is 11.1. The van der Waals surface area contributed by atoms with Crippen molar-refractivity contribution in [2.45, 2.75) is 38.3 Å². The molecule has 1 aromatic heterocycles. The Labute approximate surface area is 90.9 Å². The summed E-state index contributed by atoms with van der Waals surface area (Å²) in [5.74, 6) is 0. The van der Waals surface area contributed by atoms with Gasteiger partial charge in [0, 0.05) is 18.7 Å². The summed E-state index contributed by atoms with van der Waals surface area (Å²) in [6.07, 6.45) is -0.112. The first-order chi connectivity index (χ1) is 7.61. The van der Waals surface area contributed by atoms with Crippen LogP contribution in [0.5, 0.6) is 0 Å². The molecule has 3 unspecified atom stereocenters. The number of alkyl halides is 1. The Hall–Kier alpha value is -1.43. The van der Waals surface area contributed by atoms with E-state index in [1.165, 1.54) is 16.8 Å². The van der Waals surface area contributed by atoms with Gasteiger partial charge in [-0.3, -0.25) is 14.3 Å².